The van der Waals surface area contributed by atoms with Crippen molar-refractivity contribution in [2.24, 2.45) is 5.92 Å². The van der Waals surface area contributed by atoms with E-state index in [0.717, 1.165) is 53.9 Å². The average molecular weight is 471 g/mol. The summed E-state index contributed by atoms with van der Waals surface area (Å²) in [6, 6.07) is 5.54. The second-order valence-electron chi connectivity index (χ2n) is 8.19. The fourth-order valence-corrected chi connectivity index (χ4v) is 5.45. The summed E-state index contributed by atoms with van der Waals surface area (Å²) in [4.78, 5) is 14.1. The van der Waals surface area contributed by atoms with Gasteiger partial charge in [0.05, 0.1) is 22.3 Å². The minimum atomic E-state index is -0.434. The van der Waals surface area contributed by atoms with Gasteiger partial charge in [0, 0.05) is 53.7 Å². The van der Waals surface area contributed by atoms with Gasteiger partial charge in [0.1, 0.15) is 5.69 Å². The maximum Gasteiger partial charge on any atom is 0.228 e. The van der Waals surface area contributed by atoms with Crippen LogP contribution >= 0.6 is 23.4 Å². The van der Waals surface area contributed by atoms with E-state index in [1.165, 1.54) is 0 Å². The molecule has 0 atom stereocenters. The first-order valence-corrected chi connectivity index (χ1v) is 12.1. The molecule has 10 heteroatoms. The topological polar surface area (TPSA) is 78.3 Å². The Hall–Kier alpha value is -2.78. The van der Waals surface area contributed by atoms with Crippen molar-refractivity contribution in [2.45, 2.75) is 12.8 Å². The van der Waals surface area contributed by atoms with Crippen molar-refractivity contribution >= 4 is 57.2 Å². The predicted octanol–water partition coefficient (Wildman–Crippen LogP) is 4.57. The highest BCUT2D eigenvalue weighted by molar-refractivity contribution is 7.99. The van der Waals surface area contributed by atoms with E-state index in [1.807, 2.05) is 28.8 Å². The Kier molecular flexibility index (Phi) is 4.76. The van der Waals surface area contributed by atoms with Gasteiger partial charge in [-0.25, -0.2) is 8.91 Å². The lowest BCUT2D eigenvalue weighted by atomic mass is 10.0. The number of anilines is 2. The Labute approximate surface area is 192 Å². The number of thioether (sulfide) groups is 1. The number of carbonyl (C=O) groups is 1. The van der Waals surface area contributed by atoms with E-state index in [2.05, 4.69) is 20.6 Å². The first kappa shape index (κ1) is 19.9. The second-order valence-corrected chi connectivity index (χ2v) is 9.79. The summed E-state index contributed by atoms with van der Waals surface area (Å²) >= 11 is 8.49. The molecule has 7 nitrogen and oxygen atoms in total. The maximum atomic E-state index is 15.6. The predicted molar refractivity (Wildman–Crippen MR) is 126 cm³/mol. The molecule has 1 saturated carbocycles. The largest absolute Gasteiger partial charge is 0.366 e. The Balaban J connectivity index is 1.44. The molecule has 2 fully saturated rings. The number of pyridine rings is 1. The third-order valence-corrected chi connectivity index (χ3v) is 7.34. The number of hydrogen-bond acceptors (Lipinski definition) is 5. The van der Waals surface area contributed by atoms with Gasteiger partial charge in [0.2, 0.25) is 5.91 Å². The summed E-state index contributed by atoms with van der Waals surface area (Å²) in [6.45, 7) is 1.53. The van der Waals surface area contributed by atoms with Crippen LogP contribution in [0.5, 0.6) is 0 Å². The van der Waals surface area contributed by atoms with Crippen molar-refractivity contribution in [3.8, 4) is 11.1 Å². The average Bonchev–Trinajstić information content (AvgIpc) is 3.43. The van der Waals surface area contributed by atoms with Crippen LogP contribution in [0.1, 0.15) is 12.8 Å². The van der Waals surface area contributed by atoms with Gasteiger partial charge in [0.15, 0.2) is 11.6 Å². The fraction of sp³-hybridized carbons (Fsp3) is 0.318. The molecule has 4 heterocycles. The van der Waals surface area contributed by atoms with Crippen LogP contribution in [-0.4, -0.2) is 50.3 Å². The molecular weight excluding hydrogens is 451 g/mol. The molecular formula is C22H20ClFN6OS. The van der Waals surface area contributed by atoms with Crippen LogP contribution in [-0.2, 0) is 4.79 Å². The van der Waals surface area contributed by atoms with E-state index in [9.17, 15) is 4.79 Å². The van der Waals surface area contributed by atoms with Crippen molar-refractivity contribution < 1.29 is 9.18 Å². The standard InChI is InChI=1S/C22H20ClFN6OS/c23-18-17(15-11-25-27-20(15)21(19(18)24)29-5-7-32-8-6-29)13-3-4-30-14(9-13)10-16(28-30)26-22(31)12-1-2-12/h3-4,9-12H,1-2,5-8H2,(H,25,27)(H,26,28,31). The lowest BCUT2D eigenvalue weighted by molar-refractivity contribution is -0.117. The number of H-pyrrole nitrogens is 1. The number of aromatic nitrogens is 4. The lowest BCUT2D eigenvalue weighted by Crippen LogP contribution is -2.33. The van der Waals surface area contributed by atoms with Gasteiger partial charge in [-0.15, -0.1) is 0 Å². The summed E-state index contributed by atoms with van der Waals surface area (Å²) in [5.41, 5.74) is 3.27. The molecule has 1 aliphatic carbocycles. The lowest BCUT2D eigenvalue weighted by Gasteiger charge is -2.30. The molecule has 1 saturated heterocycles. The quantitative estimate of drug-likeness (QED) is 0.456. The Morgan fingerprint density at radius 3 is 2.88 bits per heavy atom. The van der Waals surface area contributed by atoms with Gasteiger partial charge < -0.3 is 10.2 Å². The van der Waals surface area contributed by atoms with E-state index in [-0.39, 0.29) is 16.8 Å². The molecule has 0 unspecified atom stereocenters. The van der Waals surface area contributed by atoms with Crippen molar-refractivity contribution in [3.63, 3.8) is 0 Å². The molecule has 1 aliphatic heterocycles. The molecule has 4 aromatic rings. The summed E-state index contributed by atoms with van der Waals surface area (Å²) < 4.78 is 17.3. The van der Waals surface area contributed by atoms with Crippen LogP contribution in [0.4, 0.5) is 15.9 Å². The normalized spacial score (nSPS) is 16.8. The fourth-order valence-electron chi connectivity index (χ4n) is 4.25. The summed E-state index contributed by atoms with van der Waals surface area (Å²) in [5.74, 6) is 2.08. The zero-order valence-electron chi connectivity index (χ0n) is 17.1. The van der Waals surface area contributed by atoms with Crippen LogP contribution in [0, 0.1) is 11.7 Å². The number of hydrogen-bond donors (Lipinski definition) is 2. The number of amides is 1. The van der Waals surface area contributed by atoms with Crippen LogP contribution in [0.25, 0.3) is 27.5 Å². The van der Waals surface area contributed by atoms with E-state index in [0.29, 0.717) is 22.6 Å². The van der Waals surface area contributed by atoms with Gasteiger partial charge in [-0.2, -0.15) is 22.0 Å². The highest BCUT2D eigenvalue weighted by Gasteiger charge is 2.30. The second kappa shape index (κ2) is 7.67. The Bertz CT molecular complexity index is 1360. The third kappa shape index (κ3) is 3.31. The number of benzene rings is 1. The van der Waals surface area contributed by atoms with Gasteiger partial charge in [-0.1, -0.05) is 11.6 Å². The molecule has 3 aromatic heterocycles. The molecule has 2 aliphatic rings. The zero-order valence-corrected chi connectivity index (χ0v) is 18.6. The monoisotopic (exact) mass is 470 g/mol. The highest BCUT2D eigenvalue weighted by atomic mass is 35.5. The van der Waals surface area contributed by atoms with Crippen LogP contribution in [0.2, 0.25) is 5.02 Å². The molecule has 0 radical (unpaired) electrons. The van der Waals surface area contributed by atoms with Gasteiger partial charge in [-0.05, 0) is 30.5 Å². The van der Waals surface area contributed by atoms with Crippen molar-refractivity contribution in [1.29, 1.82) is 0 Å². The molecule has 164 valence electrons. The van der Waals surface area contributed by atoms with Crippen molar-refractivity contribution in [1.82, 2.24) is 19.8 Å². The molecule has 6 rings (SSSR count). The molecule has 1 amide bonds. The highest BCUT2D eigenvalue weighted by Crippen LogP contribution is 2.43. The smallest absolute Gasteiger partial charge is 0.228 e. The number of nitrogens with one attached hydrogen (secondary N) is 2. The van der Waals surface area contributed by atoms with Crippen molar-refractivity contribution in [3.05, 3.63) is 41.4 Å². The summed E-state index contributed by atoms with van der Waals surface area (Å²) in [7, 11) is 0. The first-order chi connectivity index (χ1) is 15.6. The molecule has 1 aromatic carbocycles. The van der Waals surface area contributed by atoms with E-state index < -0.39 is 5.82 Å². The minimum absolute atomic E-state index is 0.00514. The molecule has 0 bridgehead atoms. The number of rotatable bonds is 4. The van der Waals surface area contributed by atoms with Gasteiger partial charge >= 0.3 is 0 Å². The first-order valence-electron chi connectivity index (χ1n) is 10.6. The van der Waals surface area contributed by atoms with Gasteiger partial charge in [-0.3, -0.25) is 9.89 Å². The number of fused-ring (bicyclic) bond motifs is 2. The van der Waals surface area contributed by atoms with E-state index in [1.54, 1.807) is 23.0 Å². The van der Waals surface area contributed by atoms with Crippen molar-refractivity contribution in [2.75, 3.05) is 34.8 Å². The minimum Gasteiger partial charge on any atom is -0.366 e. The zero-order chi connectivity index (χ0) is 21.8. The third-order valence-electron chi connectivity index (χ3n) is 6.04. The molecule has 32 heavy (non-hydrogen) atoms. The number of nitrogens with zero attached hydrogens (tertiary/aromatic N) is 4. The van der Waals surface area contributed by atoms with Crippen LogP contribution in [0.15, 0.2) is 30.6 Å². The number of halogens is 2. The molecule has 0 spiro atoms. The summed E-state index contributed by atoms with van der Waals surface area (Å²) in [5, 5.41) is 15.3. The molecule has 2 N–H and O–H groups in total. The van der Waals surface area contributed by atoms with Crippen LogP contribution in [0.3, 0.4) is 0 Å². The van der Waals surface area contributed by atoms with Crippen LogP contribution < -0.4 is 10.2 Å². The Morgan fingerprint density at radius 2 is 2.09 bits per heavy atom. The SMILES string of the molecule is O=C(Nc1cc2cc(-c3c(Cl)c(F)c(N4CCSCC4)c4[nH]ncc34)ccn2n1)C1CC1. The maximum absolute atomic E-state index is 15.6. The number of carbonyl (C=O) groups excluding carboxylic acids is 1. The summed E-state index contributed by atoms with van der Waals surface area (Å²) in [6.07, 6.45) is 5.34. The number of aromatic amines is 1. The van der Waals surface area contributed by atoms with Gasteiger partial charge in [0.25, 0.3) is 0 Å². The van der Waals surface area contributed by atoms with E-state index >= 15 is 4.39 Å². The van der Waals surface area contributed by atoms with E-state index in [4.69, 9.17) is 11.6 Å². The Morgan fingerprint density at radius 1 is 1.28 bits per heavy atom.